The highest BCUT2D eigenvalue weighted by Crippen LogP contribution is 2.33. The number of ketones is 1. The SMILES string of the molecule is O=C(c1ccc(OC(F)(F)F)cc1)c1cc(Br)c(Br)s1. The summed E-state index contributed by atoms with van der Waals surface area (Å²) in [5.41, 5.74) is 0.292. The van der Waals surface area contributed by atoms with E-state index in [0.29, 0.717) is 10.4 Å². The number of rotatable bonds is 3. The Morgan fingerprint density at radius 3 is 2.20 bits per heavy atom. The third-order valence-corrected chi connectivity index (χ3v) is 5.47. The van der Waals surface area contributed by atoms with E-state index in [-0.39, 0.29) is 11.5 Å². The lowest BCUT2D eigenvalue weighted by molar-refractivity contribution is -0.274. The average molecular weight is 430 g/mol. The molecule has 1 aromatic heterocycles. The maximum atomic E-state index is 12.1. The van der Waals surface area contributed by atoms with Crippen LogP contribution in [0.1, 0.15) is 15.2 Å². The van der Waals surface area contributed by atoms with Gasteiger partial charge in [0.05, 0.1) is 8.66 Å². The fraction of sp³-hybridized carbons (Fsp3) is 0.0833. The van der Waals surface area contributed by atoms with Crippen LogP contribution in [0.25, 0.3) is 0 Å². The van der Waals surface area contributed by atoms with E-state index >= 15 is 0 Å². The minimum absolute atomic E-state index is 0.264. The van der Waals surface area contributed by atoms with Gasteiger partial charge in [-0.15, -0.1) is 24.5 Å². The second-order valence-electron chi connectivity index (χ2n) is 3.63. The van der Waals surface area contributed by atoms with Gasteiger partial charge in [0, 0.05) is 10.0 Å². The van der Waals surface area contributed by atoms with E-state index in [2.05, 4.69) is 36.6 Å². The van der Waals surface area contributed by atoms with Gasteiger partial charge in [-0.3, -0.25) is 4.79 Å². The highest BCUT2D eigenvalue weighted by Gasteiger charge is 2.31. The van der Waals surface area contributed by atoms with Crippen LogP contribution >= 0.6 is 43.2 Å². The van der Waals surface area contributed by atoms with Crippen molar-refractivity contribution in [3.8, 4) is 5.75 Å². The Morgan fingerprint density at radius 2 is 1.75 bits per heavy atom. The summed E-state index contributed by atoms with van der Waals surface area (Å²) in [6.07, 6.45) is -4.74. The van der Waals surface area contributed by atoms with Crippen LogP contribution in [0.15, 0.2) is 38.6 Å². The molecule has 0 aliphatic heterocycles. The zero-order chi connectivity index (χ0) is 14.9. The monoisotopic (exact) mass is 428 g/mol. The molecule has 2 nitrogen and oxygen atoms in total. The first-order chi connectivity index (χ1) is 9.26. The van der Waals surface area contributed by atoms with Gasteiger partial charge in [-0.1, -0.05) is 0 Å². The van der Waals surface area contributed by atoms with E-state index in [1.807, 2.05) is 0 Å². The molecule has 0 spiro atoms. The molecule has 0 saturated carbocycles. The normalized spacial score (nSPS) is 11.4. The molecule has 0 atom stereocenters. The molecule has 0 aliphatic carbocycles. The van der Waals surface area contributed by atoms with Crippen molar-refractivity contribution in [1.82, 2.24) is 0 Å². The molecule has 106 valence electrons. The summed E-state index contributed by atoms with van der Waals surface area (Å²) >= 11 is 7.78. The maximum absolute atomic E-state index is 12.1. The van der Waals surface area contributed by atoms with E-state index in [1.165, 1.54) is 23.5 Å². The fourth-order valence-corrected chi connectivity index (χ4v) is 3.41. The Balaban J connectivity index is 2.19. The molecule has 0 radical (unpaired) electrons. The molecule has 20 heavy (non-hydrogen) atoms. The number of carbonyl (C=O) groups is 1. The Morgan fingerprint density at radius 1 is 1.15 bits per heavy atom. The zero-order valence-electron chi connectivity index (χ0n) is 9.50. The summed E-state index contributed by atoms with van der Waals surface area (Å²) < 4.78 is 41.3. The van der Waals surface area contributed by atoms with Crippen LogP contribution in [-0.4, -0.2) is 12.1 Å². The summed E-state index contributed by atoms with van der Waals surface area (Å²) in [6, 6.07) is 6.46. The number of thiophene rings is 1. The van der Waals surface area contributed by atoms with Gasteiger partial charge in [0.2, 0.25) is 5.78 Å². The fourth-order valence-electron chi connectivity index (χ4n) is 1.41. The molecular weight excluding hydrogens is 425 g/mol. The van der Waals surface area contributed by atoms with Gasteiger partial charge in [0.25, 0.3) is 0 Å². The number of halogens is 5. The van der Waals surface area contributed by atoms with Crippen molar-refractivity contribution in [1.29, 1.82) is 0 Å². The van der Waals surface area contributed by atoms with Gasteiger partial charge < -0.3 is 4.74 Å². The first-order valence-corrected chi connectivity index (χ1v) is 7.52. The lowest BCUT2D eigenvalue weighted by Gasteiger charge is -2.08. The van der Waals surface area contributed by atoms with Crippen LogP contribution in [0.2, 0.25) is 0 Å². The number of benzene rings is 1. The predicted octanol–water partition coefficient (Wildman–Crippen LogP) is 5.40. The summed E-state index contributed by atoms with van der Waals surface area (Å²) in [7, 11) is 0. The minimum atomic E-state index is -4.74. The smallest absolute Gasteiger partial charge is 0.406 e. The Hall–Kier alpha value is -0.860. The predicted molar refractivity (Wildman–Crippen MR) is 76.3 cm³/mol. The second kappa shape index (κ2) is 5.87. The zero-order valence-corrected chi connectivity index (χ0v) is 13.5. The average Bonchev–Trinajstić information content (AvgIpc) is 2.68. The van der Waals surface area contributed by atoms with Crippen LogP contribution in [0, 0.1) is 0 Å². The van der Waals surface area contributed by atoms with Crippen molar-refractivity contribution in [2.75, 3.05) is 0 Å². The van der Waals surface area contributed by atoms with Crippen LogP contribution < -0.4 is 4.74 Å². The van der Waals surface area contributed by atoms with E-state index in [4.69, 9.17) is 0 Å². The van der Waals surface area contributed by atoms with Crippen molar-refractivity contribution < 1.29 is 22.7 Å². The Bertz CT molecular complexity index is 616. The van der Waals surface area contributed by atoms with Crippen molar-refractivity contribution in [2.45, 2.75) is 6.36 Å². The number of carbonyl (C=O) groups excluding carboxylic acids is 1. The molecule has 0 saturated heterocycles. The number of hydrogen-bond acceptors (Lipinski definition) is 3. The second-order valence-corrected chi connectivity index (χ2v) is 6.86. The molecule has 1 aromatic carbocycles. The molecule has 2 aromatic rings. The largest absolute Gasteiger partial charge is 0.573 e. The van der Waals surface area contributed by atoms with Crippen LogP contribution in [-0.2, 0) is 0 Å². The molecule has 2 rings (SSSR count). The quantitative estimate of drug-likeness (QED) is 0.610. The van der Waals surface area contributed by atoms with E-state index in [1.54, 1.807) is 6.07 Å². The molecule has 0 N–H and O–H groups in total. The van der Waals surface area contributed by atoms with Crippen LogP contribution in [0.3, 0.4) is 0 Å². The van der Waals surface area contributed by atoms with Crippen LogP contribution in [0.5, 0.6) is 5.75 Å². The molecule has 0 aliphatic rings. The third kappa shape index (κ3) is 3.83. The molecule has 1 heterocycles. The first kappa shape index (κ1) is 15.5. The van der Waals surface area contributed by atoms with Crippen LogP contribution in [0.4, 0.5) is 13.2 Å². The highest BCUT2D eigenvalue weighted by molar-refractivity contribution is 9.13. The highest BCUT2D eigenvalue weighted by atomic mass is 79.9. The van der Waals surface area contributed by atoms with Gasteiger partial charge in [0.15, 0.2) is 0 Å². The molecule has 0 amide bonds. The summed E-state index contributed by atoms with van der Waals surface area (Å²) in [5.74, 6) is -0.623. The topological polar surface area (TPSA) is 26.3 Å². The van der Waals surface area contributed by atoms with Gasteiger partial charge in [0.1, 0.15) is 5.75 Å². The molecule has 0 bridgehead atoms. The number of alkyl halides is 3. The first-order valence-electron chi connectivity index (χ1n) is 5.11. The third-order valence-electron chi connectivity index (χ3n) is 2.22. The van der Waals surface area contributed by atoms with E-state index < -0.39 is 6.36 Å². The maximum Gasteiger partial charge on any atom is 0.573 e. The minimum Gasteiger partial charge on any atom is -0.406 e. The molecular formula is C12H5Br2F3O2S. The number of ether oxygens (including phenoxy) is 1. The van der Waals surface area contributed by atoms with Crippen molar-refractivity contribution >= 4 is 49.0 Å². The summed E-state index contributed by atoms with van der Waals surface area (Å²) in [6.45, 7) is 0. The number of hydrogen-bond donors (Lipinski definition) is 0. The van der Waals surface area contributed by atoms with Gasteiger partial charge in [-0.25, -0.2) is 0 Å². The van der Waals surface area contributed by atoms with Crippen molar-refractivity contribution in [3.05, 3.63) is 49.0 Å². The summed E-state index contributed by atoms with van der Waals surface area (Å²) in [5, 5.41) is 0. The van der Waals surface area contributed by atoms with Gasteiger partial charge in [-0.2, -0.15) is 0 Å². The molecule has 8 heteroatoms. The Kier molecular flexibility index (Phi) is 4.55. The van der Waals surface area contributed by atoms with Gasteiger partial charge >= 0.3 is 6.36 Å². The van der Waals surface area contributed by atoms with E-state index in [9.17, 15) is 18.0 Å². The Labute approximate surface area is 132 Å². The van der Waals surface area contributed by atoms with Crippen molar-refractivity contribution in [3.63, 3.8) is 0 Å². The summed E-state index contributed by atoms with van der Waals surface area (Å²) in [4.78, 5) is 12.6. The standard InChI is InChI=1S/C12H5Br2F3O2S/c13-8-5-9(20-11(8)14)10(18)6-1-3-7(4-2-6)19-12(15,16)17/h1-5H. The van der Waals surface area contributed by atoms with E-state index in [0.717, 1.165) is 20.4 Å². The molecule has 0 unspecified atom stereocenters. The molecule has 0 fully saturated rings. The van der Waals surface area contributed by atoms with Gasteiger partial charge in [-0.05, 0) is 62.2 Å². The lowest BCUT2D eigenvalue weighted by Crippen LogP contribution is -2.17. The van der Waals surface area contributed by atoms with Crippen molar-refractivity contribution in [2.24, 2.45) is 0 Å². The lowest BCUT2D eigenvalue weighted by atomic mass is 10.1.